The van der Waals surface area contributed by atoms with Crippen LogP contribution in [0.5, 0.6) is 17.2 Å². The highest BCUT2D eigenvalue weighted by Crippen LogP contribution is 2.36. The summed E-state index contributed by atoms with van der Waals surface area (Å²) in [5.41, 5.74) is 0.971. The summed E-state index contributed by atoms with van der Waals surface area (Å²) in [7, 11) is 0. The molecule has 31 heavy (non-hydrogen) atoms. The van der Waals surface area contributed by atoms with Gasteiger partial charge in [0.05, 0.1) is 0 Å². The average Bonchev–Trinajstić information content (AvgIpc) is 2.76. The van der Waals surface area contributed by atoms with E-state index in [1.807, 2.05) is 0 Å². The second-order valence-electron chi connectivity index (χ2n) is 6.10. The van der Waals surface area contributed by atoms with Crippen LogP contribution < -0.4 is 14.2 Å². The number of esters is 1. The smallest absolute Gasteiger partial charge is 0.333 e. The zero-order valence-corrected chi connectivity index (χ0v) is 16.8. The second-order valence-corrected chi connectivity index (χ2v) is 6.10. The van der Waals surface area contributed by atoms with Crippen molar-refractivity contribution in [2.24, 2.45) is 0 Å². The summed E-state index contributed by atoms with van der Waals surface area (Å²) in [6.07, 6.45) is 0. The predicted octanol–water partition coefficient (Wildman–Crippen LogP) is 3.08. The van der Waals surface area contributed by atoms with E-state index in [0.717, 1.165) is 6.07 Å². The van der Waals surface area contributed by atoms with E-state index in [4.69, 9.17) is 18.9 Å². The van der Waals surface area contributed by atoms with Gasteiger partial charge in [-0.1, -0.05) is 18.7 Å². The fourth-order valence-electron chi connectivity index (χ4n) is 2.41. The van der Waals surface area contributed by atoms with Gasteiger partial charge in [-0.15, -0.1) is 0 Å². The van der Waals surface area contributed by atoms with Crippen molar-refractivity contribution in [1.29, 1.82) is 0 Å². The first-order chi connectivity index (χ1) is 15.0. The maximum atomic E-state index is 14.7. The van der Waals surface area contributed by atoms with Gasteiger partial charge in [-0.3, -0.25) is 9.59 Å². The van der Waals surface area contributed by atoms with Gasteiger partial charge in [0.2, 0.25) is 0 Å². The van der Waals surface area contributed by atoms with Crippen molar-refractivity contribution in [2.75, 3.05) is 26.4 Å². The number of hydrogen-bond acceptors (Lipinski definition) is 8. The zero-order valence-electron chi connectivity index (χ0n) is 16.8. The number of carbonyl (C=O) groups is 3. The van der Waals surface area contributed by atoms with Gasteiger partial charge in [0.25, 0.3) is 12.9 Å². The van der Waals surface area contributed by atoms with Crippen LogP contribution >= 0.6 is 0 Å². The Morgan fingerprint density at radius 1 is 0.968 bits per heavy atom. The molecule has 0 aliphatic rings. The highest BCUT2D eigenvalue weighted by Gasteiger charge is 2.15. The Morgan fingerprint density at radius 2 is 1.61 bits per heavy atom. The molecule has 0 heterocycles. The molecule has 0 spiro atoms. The van der Waals surface area contributed by atoms with E-state index >= 15 is 0 Å². The van der Waals surface area contributed by atoms with Crippen LogP contribution in [0.15, 0.2) is 48.6 Å². The first-order valence-electron chi connectivity index (χ1n) is 9.14. The topological polar surface area (TPSA) is 97.4 Å². The van der Waals surface area contributed by atoms with Crippen LogP contribution in [0.4, 0.5) is 4.39 Å². The molecule has 0 radical (unpaired) electrons. The Morgan fingerprint density at radius 3 is 2.23 bits per heavy atom. The number of carbonyl (C=O) groups excluding carboxylic acids is 3. The SMILES string of the molecule is C=C(C)C(=O)OCCOc1cc(-c2ccc(OC=O)cc2)c(F)cc1OCCOC=O. The van der Waals surface area contributed by atoms with E-state index in [1.165, 1.54) is 25.1 Å². The van der Waals surface area contributed by atoms with E-state index in [-0.39, 0.29) is 55.5 Å². The highest BCUT2D eigenvalue weighted by atomic mass is 19.1. The van der Waals surface area contributed by atoms with Crippen molar-refractivity contribution in [3.8, 4) is 28.4 Å². The lowest BCUT2D eigenvalue weighted by molar-refractivity contribution is -0.139. The molecule has 0 saturated carbocycles. The van der Waals surface area contributed by atoms with E-state index in [2.05, 4.69) is 11.3 Å². The lowest BCUT2D eigenvalue weighted by Crippen LogP contribution is -2.13. The molecule has 0 unspecified atom stereocenters. The van der Waals surface area contributed by atoms with Crippen molar-refractivity contribution in [3.05, 3.63) is 54.4 Å². The summed E-state index contributed by atoms with van der Waals surface area (Å²) in [6, 6.07) is 8.76. The normalized spacial score (nSPS) is 10.0. The highest BCUT2D eigenvalue weighted by molar-refractivity contribution is 5.86. The van der Waals surface area contributed by atoms with Crippen LogP contribution in [0.1, 0.15) is 6.92 Å². The zero-order chi connectivity index (χ0) is 22.6. The molecular weight excluding hydrogens is 411 g/mol. The number of hydrogen-bond donors (Lipinski definition) is 0. The molecule has 2 rings (SSSR count). The summed E-state index contributed by atoms with van der Waals surface area (Å²) < 4.78 is 40.1. The van der Waals surface area contributed by atoms with Crippen LogP contribution in [0.3, 0.4) is 0 Å². The van der Waals surface area contributed by atoms with Gasteiger partial charge in [0.1, 0.15) is 38.0 Å². The largest absolute Gasteiger partial charge is 0.486 e. The third kappa shape index (κ3) is 7.14. The molecule has 0 amide bonds. The van der Waals surface area contributed by atoms with Gasteiger partial charge in [-0.05, 0) is 30.7 Å². The van der Waals surface area contributed by atoms with Gasteiger partial charge < -0.3 is 23.7 Å². The van der Waals surface area contributed by atoms with E-state index in [1.54, 1.807) is 12.1 Å². The van der Waals surface area contributed by atoms with E-state index in [9.17, 15) is 18.8 Å². The Balaban J connectivity index is 2.21. The Kier molecular flexibility index (Phi) is 9.03. The van der Waals surface area contributed by atoms with Crippen molar-refractivity contribution >= 4 is 18.9 Å². The molecule has 0 fully saturated rings. The summed E-state index contributed by atoms with van der Waals surface area (Å²) in [6.45, 7) is 5.47. The van der Waals surface area contributed by atoms with E-state index < -0.39 is 11.8 Å². The standard InChI is InChI=1S/C22H21FO8/c1-15(2)22(26)30-10-9-29-20-11-18(16-3-5-17(6-4-16)31-14-25)19(23)12-21(20)28-8-7-27-13-24/h3-6,11-14H,1,7-10H2,2H3. The van der Waals surface area contributed by atoms with Crippen molar-refractivity contribution < 1.29 is 42.5 Å². The second kappa shape index (κ2) is 12.0. The quantitative estimate of drug-likeness (QED) is 0.206. The molecule has 164 valence electrons. The minimum atomic E-state index is -0.587. The number of benzene rings is 2. The minimum absolute atomic E-state index is 0.0165. The molecule has 0 bridgehead atoms. The van der Waals surface area contributed by atoms with Gasteiger partial charge >= 0.3 is 5.97 Å². The first kappa shape index (κ1) is 23.4. The van der Waals surface area contributed by atoms with Gasteiger partial charge in [0.15, 0.2) is 11.5 Å². The van der Waals surface area contributed by atoms with Crippen molar-refractivity contribution in [3.63, 3.8) is 0 Å². The van der Waals surface area contributed by atoms with Crippen LogP contribution in [-0.4, -0.2) is 45.3 Å². The van der Waals surface area contributed by atoms with Crippen LogP contribution in [0, 0.1) is 5.82 Å². The molecule has 0 N–H and O–H groups in total. The molecular formula is C22H21FO8. The fourth-order valence-corrected chi connectivity index (χ4v) is 2.41. The fraction of sp³-hybridized carbons (Fsp3) is 0.227. The summed E-state index contributed by atoms with van der Waals surface area (Å²) in [5.74, 6) is -0.546. The third-order valence-electron chi connectivity index (χ3n) is 3.83. The third-order valence-corrected chi connectivity index (χ3v) is 3.83. The van der Waals surface area contributed by atoms with Crippen LogP contribution in [0.25, 0.3) is 11.1 Å². The lowest BCUT2D eigenvalue weighted by Gasteiger charge is -2.15. The molecule has 0 aliphatic heterocycles. The molecule has 0 aromatic heterocycles. The molecule has 2 aromatic carbocycles. The van der Waals surface area contributed by atoms with Crippen molar-refractivity contribution in [1.82, 2.24) is 0 Å². The molecule has 8 nitrogen and oxygen atoms in total. The maximum Gasteiger partial charge on any atom is 0.333 e. The van der Waals surface area contributed by atoms with Crippen molar-refractivity contribution in [2.45, 2.75) is 6.92 Å². The monoisotopic (exact) mass is 432 g/mol. The molecule has 9 heteroatoms. The van der Waals surface area contributed by atoms with Gasteiger partial charge in [0, 0.05) is 17.2 Å². The van der Waals surface area contributed by atoms with E-state index in [0.29, 0.717) is 17.8 Å². The Hall–Kier alpha value is -3.88. The molecule has 0 saturated heterocycles. The average molecular weight is 432 g/mol. The van der Waals surface area contributed by atoms with Crippen LogP contribution in [0.2, 0.25) is 0 Å². The van der Waals surface area contributed by atoms with Gasteiger partial charge in [-0.25, -0.2) is 9.18 Å². The number of ether oxygens (including phenoxy) is 5. The molecule has 0 atom stereocenters. The number of rotatable bonds is 13. The lowest BCUT2D eigenvalue weighted by atomic mass is 10.0. The molecule has 0 aliphatic carbocycles. The first-order valence-corrected chi connectivity index (χ1v) is 9.14. The van der Waals surface area contributed by atoms with Gasteiger partial charge in [-0.2, -0.15) is 0 Å². The Bertz CT molecular complexity index is 924. The molecule has 2 aromatic rings. The predicted molar refractivity (Wildman–Crippen MR) is 107 cm³/mol. The summed E-state index contributed by atoms with van der Waals surface area (Å²) in [5, 5.41) is 0. The number of halogens is 1. The summed E-state index contributed by atoms with van der Waals surface area (Å²) >= 11 is 0. The Labute approximate surface area is 178 Å². The van der Waals surface area contributed by atoms with Crippen LogP contribution in [-0.2, 0) is 23.9 Å². The maximum absolute atomic E-state index is 14.7. The minimum Gasteiger partial charge on any atom is -0.486 e. The summed E-state index contributed by atoms with van der Waals surface area (Å²) in [4.78, 5) is 32.1.